The van der Waals surface area contributed by atoms with Crippen LogP contribution in [-0.2, 0) is 22.6 Å². The summed E-state index contributed by atoms with van der Waals surface area (Å²) < 4.78 is 10.8. The molecular weight excluding hydrogens is 502 g/mol. The summed E-state index contributed by atoms with van der Waals surface area (Å²) in [4.78, 5) is 33.1. The SMILES string of the molecule is COC(=O)[C@H](Cc1ccc(OCc2ccccc2)cc1)NC(=O)c1nc2ccc(/C=C/c3ccccc3)cc2[nH]1. The maximum absolute atomic E-state index is 13.1. The number of nitrogens with one attached hydrogen (secondary N) is 2. The molecule has 0 radical (unpaired) electrons. The van der Waals surface area contributed by atoms with Gasteiger partial charge in [0, 0.05) is 6.42 Å². The van der Waals surface area contributed by atoms with Gasteiger partial charge in [-0.05, 0) is 46.5 Å². The summed E-state index contributed by atoms with van der Waals surface area (Å²) in [5.74, 6) is -0.192. The molecule has 1 heterocycles. The van der Waals surface area contributed by atoms with Crippen molar-refractivity contribution in [2.24, 2.45) is 0 Å². The third-order valence-corrected chi connectivity index (χ3v) is 6.39. The first-order valence-corrected chi connectivity index (χ1v) is 12.9. The molecule has 0 aliphatic rings. The van der Waals surface area contributed by atoms with Crippen LogP contribution in [0, 0.1) is 0 Å². The second-order valence-electron chi connectivity index (χ2n) is 9.28. The second kappa shape index (κ2) is 12.6. The highest BCUT2D eigenvalue weighted by Gasteiger charge is 2.24. The van der Waals surface area contributed by atoms with E-state index in [-0.39, 0.29) is 12.2 Å². The fraction of sp³-hybridized carbons (Fsp3) is 0.121. The van der Waals surface area contributed by atoms with Gasteiger partial charge in [0.2, 0.25) is 0 Å². The van der Waals surface area contributed by atoms with E-state index in [9.17, 15) is 9.59 Å². The number of H-pyrrole nitrogens is 1. The number of aromatic nitrogens is 2. The van der Waals surface area contributed by atoms with E-state index in [0.29, 0.717) is 17.9 Å². The van der Waals surface area contributed by atoms with E-state index >= 15 is 0 Å². The van der Waals surface area contributed by atoms with Gasteiger partial charge < -0.3 is 19.8 Å². The second-order valence-corrected chi connectivity index (χ2v) is 9.28. The number of esters is 1. The largest absolute Gasteiger partial charge is 0.489 e. The average Bonchev–Trinajstić information content (AvgIpc) is 3.44. The molecule has 200 valence electrons. The van der Waals surface area contributed by atoms with Crippen molar-refractivity contribution in [3.8, 4) is 5.75 Å². The van der Waals surface area contributed by atoms with Gasteiger partial charge in [-0.15, -0.1) is 0 Å². The molecule has 40 heavy (non-hydrogen) atoms. The lowest BCUT2D eigenvalue weighted by Gasteiger charge is -2.16. The molecule has 0 fully saturated rings. The number of carbonyl (C=O) groups is 2. The minimum absolute atomic E-state index is 0.123. The molecule has 7 heteroatoms. The molecule has 0 saturated carbocycles. The molecular formula is C33H29N3O4. The maximum Gasteiger partial charge on any atom is 0.328 e. The lowest BCUT2D eigenvalue weighted by Crippen LogP contribution is -2.43. The molecule has 0 spiro atoms. The Morgan fingerprint density at radius 3 is 2.27 bits per heavy atom. The van der Waals surface area contributed by atoms with Crippen LogP contribution in [0.15, 0.2) is 103 Å². The molecule has 5 aromatic rings. The molecule has 0 bridgehead atoms. The minimum atomic E-state index is -0.883. The zero-order valence-corrected chi connectivity index (χ0v) is 22.0. The van der Waals surface area contributed by atoms with E-state index < -0.39 is 17.9 Å². The van der Waals surface area contributed by atoms with Crippen molar-refractivity contribution in [2.45, 2.75) is 19.1 Å². The van der Waals surface area contributed by atoms with Crippen LogP contribution in [0.5, 0.6) is 5.75 Å². The number of hydrogen-bond acceptors (Lipinski definition) is 5. The fourth-order valence-electron chi connectivity index (χ4n) is 4.26. The highest BCUT2D eigenvalue weighted by Crippen LogP contribution is 2.18. The summed E-state index contributed by atoms with van der Waals surface area (Å²) in [6, 6.07) is 32.2. The van der Waals surface area contributed by atoms with Crippen molar-refractivity contribution in [1.82, 2.24) is 15.3 Å². The Morgan fingerprint density at radius 2 is 1.55 bits per heavy atom. The van der Waals surface area contributed by atoms with Crippen LogP contribution < -0.4 is 10.1 Å². The van der Waals surface area contributed by atoms with Crippen LogP contribution in [0.2, 0.25) is 0 Å². The van der Waals surface area contributed by atoms with Gasteiger partial charge in [-0.2, -0.15) is 0 Å². The van der Waals surface area contributed by atoms with E-state index in [4.69, 9.17) is 9.47 Å². The Kier molecular flexibility index (Phi) is 8.32. The molecule has 5 rings (SSSR count). The van der Waals surface area contributed by atoms with Gasteiger partial charge in [-0.3, -0.25) is 4.79 Å². The Balaban J connectivity index is 1.24. The Bertz CT molecular complexity index is 1610. The fourth-order valence-corrected chi connectivity index (χ4v) is 4.26. The van der Waals surface area contributed by atoms with Crippen molar-refractivity contribution in [3.63, 3.8) is 0 Å². The van der Waals surface area contributed by atoms with Crippen molar-refractivity contribution < 1.29 is 19.1 Å². The van der Waals surface area contributed by atoms with Crippen molar-refractivity contribution in [1.29, 1.82) is 0 Å². The zero-order valence-electron chi connectivity index (χ0n) is 22.0. The van der Waals surface area contributed by atoms with Crippen LogP contribution in [0.25, 0.3) is 23.2 Å². The number of nitrogens with zero attached hydrogens (tertiary/aromatic N) is 1. The van der Waals surface area contributed by atoms with E-state index in [1.165, 1.54) is 7.11 Å². The molecule has 0 saturated heterocycles. The van der Waals surface area contributed by atoms with Gasteiger partial charge in [-0.1, -0.05) is 91.0 Å². The van der Waals surface area contributed by atoms with Gasteiger partial charge in [-0.25, -0.2) is 9.78 Å². The highest BCUT2D eigenvalue weighted by molar-refractivity contribution is 5.97. The Hall–Kier alpha value is -5.17. The number of methoxy groups -OCH3 is 1. The molecule has 0 aliphatic carbocycles. The monoisotopic (exact) mass is 531 g/mol. The predicted molar refractivity (Wildman–Crippen MR) is 156 cm³/mol. The summed E-state index contributed by atoms with van der Waals surface area (Å²) in [5, 5.41) is 2.76. The first-order chi connectivity index (χ1) is 19.6. The summed E-state index contributed by atoms with van der Waals surface area (Å²) in [6.07, 6.45) is 4.28. The van der Waals surface area contributed by atoms with E-state index in [2.05, 4.69) is 15.3 Å². The Labute approximate surface area is 232 Å². The van der Waals surface area contributed by atoms with Gasteiger partial charge in [0.05, 0.1) is 18.1 Å². The predicted octanol–water partition coefficient (Wildman–Crippen LogP) is 5.83. The number of amides is 1. The Morgan fingerprint density at radius 1 is 0.850 bits per heavy atom. The van der Waals surface area contributed by atoms with Crippen molar-refractivity contribution in [2.75, 3.05) is 7.11 Å². The van der Waals surface area contributed by atoms with Gasteiger partial charge in [0.25, 0.3) is 5.91 Å². The molecule has 7 nitrogen and oxygen atoms in total. The number of imidazole rings is 1. The van der Waals surface area contributed by atoms with Crippen LogP contribution >= 0.6 is 0 Å². The van der Waals surface area contributed by atoms with Gasteiger partial charge >= 0.3 is 5.97 Å². The van der Waals surface area contributed by atoms with E-state index in [0.717, 1.165) is 27.8 Å². The average molecular weight is 532 g/mol. The summed E-state index contributed by atoms with van der Waals surface area (Å²) in [6.45, 7) is 0.462. The number of carbonyl (C=O) groups excluding carboxylic acids is 2. The molecule has 0 aliphatic heterocycles. The smallest absolute Gasteiger partial charge is 0.328 e. The third kappa shape index (κ3) is 6.82. The number of rotatable bonds is 10. The standard InChI is InChI=1S/C33H29N3O4/c1-39-33(38)30(21-25-14-17-27(18-15-25)40-22-26-10-6-3-7-11-26)36-32(37)31-34-28-19-16-24(20-29(28)35-31)13-12-23-8-4-2-5-9-23/h2-20,30H,21-22H2,1H3,(H,34,35)(H,36,37)/b13-12+/t30-/m0/s1. The quantitative estimate of drug-likeness (QED) is 0.175. The van der Waals surface area contributed by atoms with Crippen LogP contribution in [-0.4, -0.2) is 35.0 Å². The normalized spacial score (nSPS) is 11.8. The van der Waals surface area contributed by atoms with E-state index in [1.807, 2.05) is 115 Å². The van der Waals surface area contributed by atoms with Crippen LogP contribution in [0.1, 0.15) is 32.9 Å². The number of hydrogen-bond donors (Lipinski definition) is 2. The number of aromatic amines is 1. The lowest BCUT2D eigenvalue weighted by molar-refractivity contribution is -0.142. The topological polar surface area (TPSA) is 93.3 Å². The molecule has 0 unspecified atom stereocenters. The lowest BCUT2D eigenvalue weighted by atomic mass is 10.1. The van der Waals surface area contributed by atoms with Crippen molar-refractivity contribution >= 4 is 35.1 Å². The summed E-state index contributed by atoms with van der Waals surface area (Å²) >= 11 is 0. The minimum Gasteiger partial charge on any atom is -0.489 e. The molecule has 1 atom stereocenters. The molecule has 4 aromatic carbocycles. The number of ether oxygens (including phenoxy) is 2. The summed E-state index contributed by atoms with van der Waals surface area (Å²) in [5.41, 5.74) is 5.36. The first kappa shape index (κ1) is 26.4. The van der Waals surface area contributed by atoms with Crippen LogP contribution in [0.3, 0.4) is 0 Å². The zero-order chi connectivity index (χ0) is 27.7. The first-order valence-electron chi connectivity index (χ1n) is 12.9. The third-order valence-electron chi connectivity index (χ3n) is 6.39. The van der Waals surface area contributed by atoms with Crippen molar-refractivity contribution in [3.05, 3.63) is 131 Å². The number of fused-ring (bicyclic) bond motifs is 1. The number of benzene rings is 4. The highest BCUT2D eigenvalue weighted by atomic mass is 16.5. The van der Waals surface area contributed by atoms with Crippen LogP contribution in [0.4, 0.5) is 0 Å². The van der Waals surface area contributed by atoms with E-state index in [1.54, 1.807) is 0 Å². The van der Waals surface area contributed by atoms with Gasteiger partial charge in [0.1, 0.15) is 18.4 Å². The van der Waals surface area contributed by atoms with Gasteiger partial charge in [0.15, 0.2) is 5.82 Å². The molecule has 1 amide bonds. The summed E-state index contributed by atoms with van der Waals surface area (Å²) in [7, 11) is 1.30. The maximum atomic E-state index is 13.1. The molecule has 2 N–H and O–H groups in total. The molecule has 1 aromatic heterocycles.